The van der Waals surface area contributed by atoms with E-state index in [1.54, 1.807) is 12.1 Å². The lowest BCUT2D eigenvalue weighted by atomic mass is 9.92. The van der Waals surface area contributed by atoms with E-state index in [2.05, 4.69) is 10.6 Å². The predicted octanol–water partition coefficient (Wildman–Crippen LogP) is 1.41. The van der Waals surface area contributed by atoms with Crippen LogP contribution in [0.4, 0.5) is 4.79 Å². The number of carbonyl (C=O) groups is 2. The summed E-state index contributed by atoms with van der Waals surface area (Å²) in [5.74, 6) is -1.35. The summed E-state index contributed by atoms with van der Waals surface area (Å²) >= 11 is 0. The van der Waals surface area contributed by atoms with E-state index < -0.39 is 33.5 Å². The van der Waals surface area contributed by atoms with E-state index >= 15 is 0 Å². The van der Waals surface area contributed by atoms with Gasteiger partial charge in [0.05, 0.1) is 24.2 Å². The normalized spacial score (nSPS) is 17.2. The van der Waals surface area contributed by atoms with Crippen LogP contribution in [0.5, 0.6) is 0 Å². The molecule has 1 aliphatic rings. The molecular formula is C21H24N2O6S. The topological polar surface area (TPSA) is 111 Å². The number of sulfone groups is 1. The molecule has 0 spiro atoms. The average molecular weight is 432 g/mol. The molecule has 2 aromatic carbocycles. The van der Waals surface area contributed by atoms with Crippen molar-refractivity contribution >= 4 is 21.9 Å². The van der Waals surface area contributed by atoms with E-state index in [0.717, 1.165) is 11.1 Å². The third kappa shape index (κ3) is 5.37. The zero-order valence-corrected chi connectivity index (χ0v) is 17.4. The third-order valence-electron chi connectivity index (χ3n) is 4.91. The molecule has 1 saturated heterocycles. The zero-order chi connectivity index (χ0) is 21.6. The van der Waals surface area contributed by atoms with Crippen molar-refractivity contribution in [3.8, 4) is 0 Å². The fourth-order valence-electron chi connectivity index (χ4n) is 3.41. The summed E-state index contributed by atoms with van der Waals surface area (Å²) in [5, 5.41) is 5.64. The number of hydrogen-bond acceptors (Lipinski definition) is 7. The van der Waals surface area contributed by atoms with Crippen molar-refractivity contribution in [1.82, 2.24) is 10.6 Å². The van der Waals surface area contributed by atoms with Crippen LogP contribution in [0.15, 0.2) is 60.7 Å². The molecule has 1 amide bonds. The number of ether oxygens (including phenoxy) is 2. The van der Waals surface area contributed by atoms with Gasteiger partial charge in [-0.05, 0) is 11.1 Å². The van der Waals surface area contributed by atoms with E-state index in [4.69, 9.17) is 9.47 Å². The monoisotopic (exact) mass is 432 g/mol. The third-order valence-corrected chi connectivity index (χ3v) is 6.82. The SMILES string of the molecule is COC(=O)C(NC(=O)OCc1ccccc1)C1(NCc2ccccc2)CS(=O)(=O)C1. The van der Waals surface area contributed by atoms with Crippen LogP contribution in [0.3, 0.4) is 0 Å². The van der Waals surface area contributed by atoms with Crippen LogP contribution in [0.1, 0.15) is 11.1 Å². The van der Waals surface area contributed by atoms with Gasteiger partial charge in [-0.3, -0.25) is 0 Å². The molecule has 160 valence electrons. The smallest absolute Gasteiger partial charge is 0.408 e. The van der Waals surface area contributed by atoms with Crippen molar-refractivity contribution in [2.75, 3.05) is 18.6 Å². The van der Waals surface area contributed by atoms with E-state index in [1.165, 1.54) is 7.11 Å². The van der Waals surface area contributed by atoms with Gasteiger partial charge in [0.2, 0.25) is 0 Å². The number of rotatable bonds is 8. The van der Waals surface area contributed by atoms with Gasteiger partial charge in [-0.1, -0.05) is 60.7 Å². The van der Waals surface area contributed by atoms with Crippen LogP contribution < -0.4 is 10.6 Å². The molecule has 0 radical (unpaired) electrons. The van der Waals surface area contributed by atoms with Gasteiger partial charge in [0.1, 0.15) is 12.6 Å². The highest BCUT2D eigenvalue weighted by Gasteiger charge is 2.57. The lowest BCUT2D eigenvalue weighted by molar-refractivity contribution is -0.145. The van der Waals surface area contributed by atoms with Gasteiger partial charge in [0.25, 0.3) is 0 Å². The Morgan fingerprint density at radius 1 is 1.00 bits per heavy atom. The van der Waals surface area contributed by atoms with E-state index in [0.29, 0.717) is 6.54 Å². The first kappa shape index (κ1) is 21.8. The molecule has 0 aromatic heterocycles. The van der Waals surface area contributed by atoms with E-state index in [-0.39, 0.29) is 18.1 Å². The van der Waals surface area contributed by atoms with Gasteiger partial charge >= 0.3 is 12.1 Å². The first-order valence-corrected chi connectivity index (χ1v) is 11.2. The molecule has 8 nitrogen and oxygen atoms in total. The zero-order valence-electron chi connectivity index (χ0n) is 16.5. The Balaban J connectivity index is 1.72. The summed E-state index contributed by atoms with van der Waals surface area (Å²) in [6.45, 7) is 0.341. The van der Waals surface area contributed by atoms with Gasteiger partial charge in [-0.25, -0.2) is 18.0 Å². The van der Waals surface area contributed by atoms with Crippen LogP contribution in [0.25, 0.3) is 0 Å². The second-order valence-electron chi connectivity index (χ2n) is 7.19. The minimum Gasteiger partial charge on any atom is -0.467 e. The Morgan fingerprint density at radius 3 is 2.10 bits per heavy atom. The van der Waals surface area contributed by atoms with Crippen LogP contribution in [-0.2, 0) is 37.3 Å². The number of benzene rings is 2. The van der Waals surface area contributed by atoms with Crippen LogP contribution in [0, 0.1) is 0 Å². The molecule has 0 aliphatic carbocycles. The maximum atomic E-state index is 12.5. The van der Waals surface area contributed by atoms with Gasteiger partial charge in [0, 0.05) is 6.54 Å². The quantitative estimate of drug-likeness (QED) is 0.607. The molecule has 1 unspecified atom stereocenters. The summed E-state index contributed by atoms with van der Waals surface area (Å²) in [5.41, 5.74) is 0.509. The first-order chi connectivity index (χ1) is 14.3. The number of alkyl carbamates (subject to hydrolysis) is 1. The molecule has 2 N–H and O–H groups in total. The molecule has 30 heavy (non-hydrogen) atoms. The summed E-state index contributed by atoms with van der Waals surface area (Å²) in [6, 6.07) is 17.2. The van der Waals surface area contributed by atoms with Gasteiger partial charge in [-0.2, -0.15) is 0 Å². The molecule has 1 atom stereocenters. The summed E-state index contributed by atoms with van der Waals surface area (Å²) in [4.78, 5) is 24.8. The maximum absolute atomic E-state index is 12.5. The molecule has 0 saturated carbocycles. The number of nitrogens with one attached hydrogen (secondary N) is 2. The highest BCUT2D eigenvalue weighted by atomic mass is 32.2. The summed E-state index contributed by atoms with van der Waals surface area (Å²) in [6.07, 6.45) is -0.834. The van der Waals surface area contributed by atoms with Crippen LogP contribution in [-0.4, -0.2) is 50.7 Å². The molecule has 1 fully saturated rings. The Morgan fingerprint density at radius 2 is 1.57 bits per heavy atom. The summed E-state index contributed by atoms with van der Waals surface area (Å²) < 4.78 is 34.0. The second-order valence-corrected chi connectivity index (χ2v) is 9.25. The van der Waals surface area contributed by atoms with Gasteiger partial charge in [-0.15, -0.1) is 0 Å². The highest BCUT2D eigenvalue weighted by Crippen LogP contribution is 2.29. The average Bonchev–Trinajstić information content (AvgIpc) is 2.74. The summed E-state index contributed by atoms with van der Waals surface area (Å²) in [7, 11) is -2.15. The lowest BCUT2D eigenvalue weighted by Gasteiger charge is -2.46. The largest absolute Gasteiger partial charge is 0.467 e. The number of carbonyl (C=O) groups excluding carboxylic acids is 2. The predicted molar refractivity (Wildman–Crippen MR) is 110 cm³/mol. The molecule has 1 aliphatic heterocycles. The number of amides is 1. The van der Waals surface area contributed by atoms with E-state index in [1.807, 2.05) is 48.5 Å². The number of methoxy groups -OCH3 is 1. The Labute approximate surface area is 175 Å². The van der Waals surface area contributed by atoms with Crippen molar-refractivity contribution in [1.29, 1.82) is 0 Å². The first-order valence-electron chi connectivity index (χ1n) is 9.38. The lowest BCUT2D eigenvalue weighted by Crippen LogP contribution is -2.75. The van der Waals surface area contributed by atoms with Crippen molar-refractivity contribution in [2.45, 2.75) is 24.7 Å². The molecule has 1 heterocycles. The van der Waals surface area contributed by atoms with Crippen molar-refractivity contribution in [3.63, 3.8) is 0 Å². The van der Waals surface area contributed by atoms with Crippen molar-refractivity contribution in [3.05, 3.63) is 71.8 Å². The van der Waals surface area contributed by atoms with Gasteiger partial charge < -0.3 is 20.1 Å². The Hall–Kier alpha value is -2.91. The maximum Gasteiger partial charge on any atom is 0.408 e. The Bertz CT molecular complexity index is 967. The minimum absolute atomic E-state index is 0.0172. The second kappa shape index (κ2) is 9.27. The number of hydrogen-bond donors (Lipinski definition) is 2. The highest BCUT2D eigenvalue weighted by molar-refractivity contribution is 7.93. The Kier molecular flexibility index (Phi) is 6.73. The van der Waals surface area contributed by atoms with Gasteiger partial charge in [0.15, 0.2) is 9.84 Å². The number of esters is 1. The van der Waals surface area contributed by atoms with Crippen LogP contribution in [0.2, 0.25) is 0 Å². The van der Waals surface area contributed by atoms with Crippen molar-refractivity contribution < 1.29 is 27.5 Å². The molecule has 3 rings (SSSR count). The molecular weight excluding hydrogens is 408 g/mol. The molecule has 9 heteroatoms. The van der Waals surface area contributed by atoms with Crippen LogP contribution >= 0.6 is 0 Å². The standard InChI is InChI=1S/C21H24N2O6S/c1-28-19(24)18(23-20(25)29-13-17-10-6-3-7-11-17)21(14-30(26,27)15-21)22-12-16-8-4-2-5-9-16/h2-11,18,22H,12-15H2,1H3,(H,23,25). The van der Waals surface area contributed by atoms with Crippen molar-refractivity contribution in [2.24, 2.45) is 0 Å². The van der Waals surface area contributed by atoms with E-state index in [9.17, 15) is 18.0 Å². The molecule has 2 aromatic rings. The molecule has 0 bridgehead atoms. The fraction of sp³-hybridized carbons (Fsp3) is 0.333. The minimum atomic E-state index is -3.33. The fourth-order valence-corrected chi connectivity index (χ4v) is 5.43.